The molecule has 11 heteroatoms. The van der Waals surface area contributed by atoms with E-state index in [1.165, 1.54) is 0 Å². The van der Waals surface area contributed by atoms with E-state index < -0.39 is 5.82 Å². The molecule has 0 radical (unpaired) electrons. The van der Waals surface area contributed by atoms with Gasteiger partial charge in [0.2, 0.25) is 0 Å². The summed E-state index contributed by atoms with van der Waals surface area (Å²) in [6.07, 6.45) is 8.51. The third-order valence-corrected chi connectivity index (χ3v) is 6.50. The van der Waals surface area contributed by atoms with Crippen LogP contribution in [0.3, 0.4) is 0 Å². The zero-order valence-electron chi connectivity index (χ0n) is 19.7. The van der Waals surface area contributed by atoms with Crippen molar-refractivity contribution in [2.75, 3.05) is 57.1 Å². The molecule has 178 valence electrons. The lowest BCUT2D eigenvalue weighted by atomic mass is 10.1. The summed E-state index contributed by atoms with van der Waals surface area (Å²) >= 11 is 0. The lowest BCUT2D eigenvalue weighted by Gasteiger charge is -2.33. The second kappa shape index (κ2) is 8.27. The Bertz CT molecular complexity index is 1530. The lowest BCUT2D eigenvalue weighted by molar-refractivity contribution is 0.313. The molecule has 0 aromatic carbocycles. The molecule has 1 aliphatic heterocycles. The molecule has 0 saturated carbocycles. The number of fused-ring (bicyclic) bond motifs is 2. The predicted octanol–water partition coefficient (Wildman–Crippen LogP) is 2.92. The van der Waals surface area contributed by atoms with E-state index in [2.05, 4.69) is 47.0 Å². The Morgan fingerprint density at radius 1 is 0.943 bits per heavy atom. The van der Waals surface area contributed by atoms with Crippen LogP contribution in [0.15, 0.2) is 37.1 Å². The van der Waals surface area contributed by atoms with Gasteiger partial charge in [0.05, 0.1) is 52.6 Å². The first-order valence-electron chi connectivity index (χ1n) is 11.4. The van der Waals surface area contributed by atoms with Gasteiger partial charge in [0.1, 0.15) is 16.9 Å². The molecule has 0 aliphatic carbocycles. The average Bonchev–Trinajstić information content (AvgIpc) is 3.49. The summed E-state index contributed by atoms with van der Waals surface area (Å²) in [5.41, 5.74) is 5.11. The van der Waals surface area contributed by atoms with Gasteiger partial charge in [0.15, 0.2) is 11.6 Å². The number of hydrogen-bond acceptors (Lipinski definition) is 8. The molecule has 0 unspecified atom stereocenters. The van der Waals surface area contributed by atoms with Crippen LogP contribution in [0.4, 0.5) is 15.8 Å². The molecule has 10 nitrogen and oxygen atoms in total. The first-order chi connectivity index (χ1) is 17.0. The zero-order chi connectivity index (χ0) is 24.1. The predicted molar refractivity (Wildman–Crippen MR) is 134 cm³/mol. The number of pyridine rings is 3. The monoisotopic (exact) mass is 472 g/mol. The molecular weight excluding hydrogens is 447 g/mol. The van der Waals surface area contributed by atoms with Gasteiger partial charge in [-0.3, -0.25) is 20.1 Å². The Hall–Kier alpha value is -4.12. The summed E-state index contributed by atoms with van der Waals surface area (Å²) in [6, 6.07) is 1.86. The molecule has 0 spiro atoms. The highest BCUT2D eigenvalue weighted by molar-refractivity contribution is 5.97. The molecule has 2 N–H and O–H groups in total. The first-order valence-corrected chi connectivity index (χ1v) is 11.4. The average molecular weight is 473 g/mol. The number of imidazole rings is 1. The van der Waals surface area contributed by atoms with Crippen molar-refractivity contribution < 1.29 is 4.39 Å². The van der Waals surface area contributed by atoms with Crippen LogP contribution >= 0.6 is 0 Å². The molecule has 1 saturated heterocycles. The highest BCUT2D eigenvalue weighted by atomic mass is 19.1. The maximum atomic E-state index is 15.9. The minimum Gasteiger partial charge on any atom is -0.376 e. The largest absolute Gasteiger partial charge is 0.376 e. The van der Waals surface area contributed by atoms with Gasteiger partial charge >= 0.3 is 0 Å². The number of piperazine rings is 1. The van der Waals surface area contributed by atoms with Gasteiger partial charge in [0, 0.05) is 52.0 Å². The van der Waals surface area contributed by atoms with Crippen molar-refractivity contribution >= 4 is 33.3 Å². The van der Waals surface area contributed by atoms with E-state index in [0.717, 1.165) is 48.6 Å². The highest BCUT2D eigenvalue weighted by Crippen LogP contribution is 2.34. The van der Waals surface area contributed by atoms with Gasteiger partial charge < -0.3 is 19.7 Å². The number of nitrogens with one attached hydrogen (secondary N) is 2. The van der Waals surface area contributed by atoms with Crippen LogP contribution in [0, 0.1) is 5.82 Å². The van der Waals surface area contributed by atoms with E-state index >= 15 is 4.39 Å². The summed E-state index contributed by atoms with van der Waals surface area (Å²) in [5, 5.41) is 7.62. The van der Waals surface area contributed by atoms with Crippen LogP contribution < -0.4 is 9.80 Å². The van der Waals surface area contributed by atoms with E-state index in [1.54, 1.807) is 24.8 Å². The smallest absolute Gasteiger partial charge is 0.161 e. The van der Waals surface area contributed by atoms with Crippen molar-refractivity contribution in [3.8, 4) is 22.8 Å². The standard InChI is InChI=1S/C24H25FN10/c1-33(2)15-8-14(9-26-10-15)21-20(25)19-16(12-28-21)31-32-23(19)24-29-17-11-27-13-18(22(17)30-24)35-6-4-34(3)5-7-35/h8-13H,4-7H2,1-3H3,(H,29,30)(H,31,32). The SMILES string of the molecule is CN1CCN(c2cncc3[nH]c(-c4n[nH]c5cnc(-c6cncc(N(C)C)c6)c(F)c45)nc23)CC1. The van der Waals surface area contributed by atoms with Crippen LogP contribution in [0.25, 0.3) is 44.7 Å². The Kier molecular flexibility index (Phi) is 5.06. The van der Waals surface area contributed by atoms with Gasteiger partial charge in [0.25, 0.3) is 0 Å². The van der Waals surface area contributed by atoms with E-state index in [9.17, 15) is 0 Å². The summed E-state index contributed by atoms with van der Waals surface area (Å²) in [5.74, 6) is 0.00710. The van der Waals surface area contributed by atoms with Crippen LogP contribution in [0.1, 0.15) is 0 Å². The van der Waals surface area contributed by atoms with Crippen molar-refractivity contribution in [1.82, 2.24) is 40.0 Å². The Morgan fingerprint density at radius 2 is 1.74 bits per heavy atom. The molecule has 0 atom stereocenters. The molecule has 35 heavy (non-hydrogen) atoms. The minimum absolute atomic E-state index is 0.215. The van der Waals surface area contributed by atoms with Gasteiger partial charge in [-0.2, -0.15) is 5.10 Å². The molecule has 0 amide bonds. The zero-order valence-corrected chi connectivity index (χ0v) is 19.7. The normalized spacial score (nSPS) is 14.8. The Balaban J connectivity index is 1.46. The summed E-state index contributed by atoms with van der Waals surface area (Å²) < 4.78 is 15.9. The van der Waals surface area contributed by atoms with Gasteiger partial charge in [-0.15, -0.1) is 0 Å². The van der Waals surface area contributed by atoms with Crippen LogP contribution in [-0.2, 0) is 0 Å². The maximum absolute atomic E-state index is 15.9. The Labute approximate surface area is 200 Å². The molecule has 6 heterocycles. The molecule has 0 bridgehead atoms. The molecule has 6 rings (SSSR count). The van der Waals surface area contributed by atoms with Crippen LogP contribution in [0.5, 0.6) is 0 Å². The molecule has 1 fully saturated rings. The fourth-order valence-electron chi connectivity index (χ4n) is 4.46. The lowest BCUT2D eigenvalue weighted by Crippen LogP contribution is -2.44. The van der Waals surface area contributed by atoms with Crippen molar-refractivity contribution in [2.45, 2.75) is 0 Å². The number of halogens is 1. The third-order valence-electron chi connectivity index (χ3n) is 6.50. The topological polar surface area (TPSA) is 106 Å². The molecule has 5 aromatic heterocycles. The van der Waals surface area contributed by atoms with E-state index in [0.29, 0.717) is 28.0 Å². The summed E-state index contributed by atoms with van der Waals surface area (Å²) in [6.45, 7) is 3.74. The van der Waals surface area contributed by atoms with Crippen molar-refractivity contribution in [3.05, 3.63) is 42.9 Å². The summed E-state index contributed by atoms with van der Waals surface area (Å²) in [4.78, 5) is 27.6. The summed E-state index contributed by atoms with van der Waals surface area (Å²) in [7, 11) is 5.94. The van der Waals surface area contributed by atoms with Crippen molar-refractivity contribution in [3.63, 3.8) is 0 Å². The molecule has 5 aromatic rings. The van der Waals surface area contributed by atoms with Gasteiger partial charge in [-0.25, -0.2) is 9.37 Å². The number of anilines is 2. The second-order valence-electron chi connectivity index (χ2n) is 9.04. The number of rotatable bonds is 4. The first kappa shape index (κ1) is 21.4. The van der Waals surface area contributed by atoms with Crippen molar-refractivity contribution in [1.29, 1.82) is 0 Å². The number of nitrogens with zero attached hydrogens (tertiary/aromatic N) is 8. The molecule has 1 aliphatic rings. The highest BCUT2D eigenvalue weighted by Gasteiger charge is 2.23. The van der Waals surface area contributed by atoms with E-state index in [4.69, 9.17) is 4.98 Å². The second-order valence-corrected chi connectivity index (χ2v) is 9.04. The van der Waals surface area contributed by atoms with Gasteiger partial charge in [-0.05, 0) is 13.1 Å². The number of aromatic amines is 2. The number of likely N-dealkylation sites (N-methyl/N-ethyl adjacent to an activating group) is 1. The van der Waals surface area contributed by atoms with Crippen LogP contribution in [0.2, 0.25) is 0 Å². The Morgan fingerprint density at radius 3 is 2.54 bits per heavy atom. The number of hydrogen-bond donors (Lipinski definition) is 2. The number of aromatic nitrogens is 7. The van der Waals surface area contributed by atoms with Crippen LogP contribution in [-0.4, -0.2) is 87.3 Å². The maximum Gasteiger partial charge on any atom is 0.161 e. The fraction of sp³-hybridized carbons (Fsp3) is 0.292. The fourth-order valence-corrected chi connectivity index (χ4v) is 4.46. The quantitative estimate of drug-likeness (QED) is 0.411. The van der Waals surface area contributed by atoms with Gasteiger partial charge in [-0.1, -0.05) is 0 Å². The molecular formula is C24H25FN10. The number of H-pyrrole nitrogens is 2. The minimum atomic E-state index is -0.471. The van der Waals surface area contributed by atoms with E-state index in [1.807, 2.05) is 31.3 Å². The third kappa shape index (κ3) is 3.64. The van der Waals surface area contributed by atoms with E-state index in [-0.39, 0.29) is 5.69 Å². The van der Waals surface area contributed by atoms with Crippen molar-refractivity contribution in [2.24, 2.45) is 0 Å².